The SMILES string of the molecule is O=C(COC(=O)CNS(=O)(=O)c1cccs1)Nc1ccccc1SC(F)F. The van der Waals surface area contributed by atoms with E-state index in [1.165, 1.54) is 18.2 Å². The number of thioether (sulfide) groups is 1. The molecule has 0 aliphatic heterocycles. The Bertz CT molecular complexity index is 889. The summed E-state index contributed by atoms with van der Waals surface area (Å²) in [4.78, 5) is 23.6. The number of thiophene rings is 1. The number of hydrogen-bond acceptors (Lipinski definition) is 7. The zero-order valence-electron chi connectivity index (χ0n) is 13.6. The minimum absolute atomic E-state index is 0.0428. The first-order valence-electron chi connectivity index (χ1n) is 7.30. The highest BCUT2D eigenvalue weighted by atomic mass is 32.2. The van der Waals surface area contributed by atoms with Gasteiger partial charge in [-0.05, 0) is 23.6 Å². The van der Waals surface area contributed by atoms with Crippen LogP contribution in [0.4, 0.5) is 14.5 Å². The van der Waals surface area contributed by atoms with E-state index in [0.29, 0.717) is 0 Å². The number of benzene rings is 1. The Hall–Kier alpha value is -2.02. The van der Waals surface area contributed by atoms with E-state index < -0.39 is 40.8 Å². The summed E-state index contributed by atoms with van der Waals surface area (Å²) in [5.41, 5.74) is 0.155. The van der Waals surface area contributed by atoms with Crippen molar-refractivity contribution in [2.24, 2.45) is 0 Å². The molecule has 2 rings (SSSR count). The van der Waals surface area contributed by atoms with E-state index in [4.69, 9.17) is 0 Å². The van der Waals surface area contributed by atoms with Gasteiger partial charge in [-0.15, -0.1) is 11.3 Å². The van der Waals surface area contributed by atoms with Crippen LogP contribution in [0.15, 0.2) is 50.9 Å². The molecule has 7 nitrogen and oxygen atoms in total. The number of alkyl halides is 2. The van der Waals surface area contributed by atoms with Crippen LogP contribution in [-0.4, -0.2) is 39.2 Å². The van der Waals surface area contributed by atoms with E-state index in [1.807, 2.05) is 0 Å². The molecular weight excluding hydrogens is 422 g/mol. The Morgan fingerprint density at radius 3 is 2.59 bits per heavy atom. The highest BCUT2D eigenvalue weighted by Crippen LogP contribution is 2.31. The quantitative estimate of drug-likeness (QED) is 0.463. The number of ether oxygens (including phenoxy) is 1. The second kappa shape index (κ2) is 9.78. The van der Waals surface area contributed by atoms with Gasteiger partial charge in [0.05, 0.1) is 5.69 Å². The van der Waals surface area contributed by atoms with E-state index >= 15 is 0 Å². The third-order valence-corrected chi connectivity index (χ3v) is 6.49. The van der Waals surface area contributed by atoms with Crippen LogP contribution in [0.2, 0.25) is 0 Å². The summed E-state index contributed by atoms with van der Waals surface area (Å²) in [6, 6.07) is 8.86. The molecule has 12 heteroatoms. The van der Waals surface area contributed by atoms with Gasteiger partial charge in [0, 0.05) is 4.90 Å². The summed E-state index contributed by atoms with van der Waals surface area (Å²) in [5, 5.41) is 3.93. The number of rotatable bonds is 9. The summed E-state index contributed by atoms with van der Waals surface area (Å²) >= 11 is 1.25. The molecule has 0 unspecified atom stereocenters. The Balaban J connectivity index is 1.81. The van der Waals surface area contributed by atoms with Gasteiger partial charge >= 0.3 is 5.97 Å². The van der Waals surface area contributed by atoms with Crippen molar-refractivity contribution in [2.75, 3.05) is 18.5 Å². The van der Waals surface area contributed by atoms with Crippen LogP contribution < -0.4 is 10.0 Å². The van der Waals surface area contributed by atoms with Crippen molar-refractivity contribution in [3.05, 3.63) is 41.8 Å². The van der Waals surface area contributed by atoms with E-state index in [9.17, 15) is 26.8 Å². The molecule has 27 heavy (non-hydrogen) atoms. The van der Waals surface area contributed by atoms with Crippen LogP contribution in [-0.2, 0) is 24.3 Å². The van der Waals surface area contributed by atoms with Gasteiger partial charge in [0.25, 0.3) is 21.7 Å². The zero-order chi connectivity index (χ0) is 19.9. The average molecular weight is 436 g/mol. The lowest BCUT2D eigenvalue weighted by molar-refractivity contribution is -0.146. The van der Waals surface area contributed by atoms with Gasteiger partial charge < -0.3 is 10.1 Å². The largest absolute Gasteiger partial charge is 0.455 e. The molecule has 2 N–H and O–H groups in total. The normalized spacial score (nSPS) is 11.4. The van der Waals surface area contributed by atoms with Crippen LogP contribution in [0.3, 0.4) is 0 Å². The monoisotopic (exact) mass is 436 g/mol. The fourth-order valence-corrected chi connectivity index (χ4v) is 4.40. The molecule has 1 aromatic heterocycles. The molecule has 1 amide bonds. The summed E-state index contributed by atoms with van der Waals surface area (Å²) in [7, 11) is -3.82. The number of esters is 1. The number of nitrogens with one attached hydrogen (secondary N) is 2. The molecule has 0 fully saturated rings. The Kier molecular flexibility index (Phi) is 7.71. The van der Waals surface area contributed by atoms with Gasteiger partial charge in [0.2, 0.25) is 0 Å². The van der Waals surface area contributed by atoms with Gasteiger partial charge in [0.1, 0.15) is 10.8 Å². The van der Waals surface area contributed by atoms with E-state index in [0.717, 1.165) is 11.3 Å². The average Bonchev–Trinajstić information content (AvgIpc) is 3.15. The van der Waals surface area contributed by atoms with E-state index in [1.54, 1.807) is 23.6 Å². The summed E-state index contributed by atoms with van der Waals surface area (Å²) in [5.74, 6) is -4.36. The molecule has 0 atom stereocenters. The van der Waals surface area contributed by atoms with Crippen molar-refractivity contribution >= 4 is 50.7 Å². The predicted molar refractivity (Wildman–Crippen MR) is 97.4 cm³/mol. The molecule has 0 aliphatic rings. The summed E-state index contributed by atoms with van der Waals surface area (Å²) in [6.07, 6.45) is 0. The molecule has 0 aliphatic carbocycles. The van der Waals surface area contributed by atoms with Gasteiger partial charge in [0.15, 0.2) is 6.61 Å². The number of halogens is 2. The molecule has 0 radical (unpaired) electrons. The lowest BCUT2D eigenvalue weighted by atomic mass is 10.3. The van der Waals surface area contributed by atoms with Crippen molar-refractivity contribution in [3.63, 3.8) is 0 Å². The lowest BCUT2D eigenvalue weighted by Crippen LogP contribution is -2.32. The standard InChI is InChI=1S/C15H14F2N2O5S3/c16-15(17)26-11-5-2-1-4-10(11)19-12(20)9-24-13(21)8-18-27(22,23)14-6-3-7-25-14/h1-7,15,18H,8-9H2,(H,19,20). The van der Waals surface area contributed by atoms with Gasteiger partial charge in [-0.3, -0.25) is 9.59 Å². The number of amides is 1. The Morgan fingerprint density at radius 1 is 1.19 bits per heavy atom. The fraction of sp³-hybridized carbons (Fsp3) is 0.200. The van der Waals surface area contributed by atoms with Gasteiger partial charge in [-0.1, -0.05) is 30.0 Å². The molecule has 0 spiro atoms. The molecule has 0 bridgehead atoms. The Labute approximate surface area is 162 Å². The fourth-order valence-electron chi connectivity index (χ4n) is 1.79. The number of carbonyl (C=O) groups is 2. The van der Waals surface area contributed by atoms with Gasteiger partial charge in [-0.25, -0.2) is 8.42 Å². The molecule has 2 aromatic rings. The molecule has 1 aromatic carbocycles. The van der Waals surface area contributed by atoms with Crippen LogP contribution in [0, 0.1) is 0 Å². The Morgan fingerprint density at radius 2 is 1.93 bits per heavy atom. The maximum atomic E-state index is 12.5. The number of para-hydroxylation sites is 1. The minimum Gasteiger partial charge on any atom is -0.455 e. The van der Waals surface area contributed by atoms with Crippen molar-refractivity contribution in [1.82, 2.24) is 4.72 Å². The van der Waals surface area contributed by atoms with E-state index in [2.05, 4.69) is 14.8 Å². The molecule has 0 saturated heterocycles. The maximum absolute atomic E-state index is 12.5. The smallest absolute Gasteiger partial charge is 0.321 e. The molecule has 0 saturated carbocycles. The number of hydrogen-bond donors (Lipinski definition) is 2. The molecule has 146 valence electrons. The number of anilines is 1. The second-order valence-corrected chi connectivity index (χ2v) is 8.81. The maximum Gasteiger partial charge on any atom is 0.321 e. The molecular formula is C15H14F2N2O5S3. The van der Waals surface area contributed by atoms with Crippen LogP contribution >= 0.6 is 23.1 Å². The van der Waals surface area contributed by atoms with Crippen LogP contribution in [0.1, 0.15) is 0 Å². The molecule has 1 heterocycles. The third kappa shape index (κ3) is 6.90. The number of carbonyl (C=O) groups excluding carboxylic acids is 2. The topological polar surface area (TPSA) is 102 Å². The first-order chi connectivity index (χ1) is 12.8. The van der Waals surface area contributed by atoms with E-state index in [-0.39, 0.29) is 26.6 Å². The predicted octanol–water partition coefficient (Wildman–Crippen LogP) is 2.52. The summed E-state index contributed by atoms with van der Waals surface area (Å²) < 4.78 is 55.5. The highest BCUT2D eigenvalue weighted by molar-refractivity contribution is 7.99. The van der Waals surface area contributed by atoms with Crippen molar-refractivity contribution in [2.45, 2.75) is 14.9 Å². The second-order valence-electron chi connectivity index (χ2n) is 4.84. The lowest BCUT2D eigenvalue weighted by Gasteiger charge is -2.10. The van der Waals surface area contributed by atoms with Gasteiger partial charge in [-0.2, -0.15) is 13.5 Å². The van der Waals surface area contributed by atoms with Crippen LogP contribution in [0.5, 0.6) is 0 Å². The van der Waals surface area contributed by atoms with Crippen molar-refractivity contribution < 1.29 is 31.5 Å². The number of sulfonamides is 1. The third-order valence-electron chi connectivity index (χ3n) is 2.91. The first-order valence-corrected chi connectivity index (χ1v) is 10.5. The zero-order valence-corrected chi connectivity index (χ0v) is 16.0. The van der Waals surface area contributed by atoms with Crippen LogP contribution in [0.25, 0.3) is 0 Å². The summed E-state index contributed by atoms with van der Waals surface area (Å²) in [6.45, 7) is -1.33. The first kappa shape index (κ1) is 21.3. The minimum atomic E-state index is -3.82. The van der Waals surface area contributed by atoms with Crippen molar-refractivity contribution in [3.8, 4) is 0 Å². The van der Waals surface area contributed by atoms with Crippen molar-refractivity contribution in [1.29, 1.82) is 0 Å². The highest BCUT2D eigenvalue weighted by Gasteiger charge is 2.18.